The minimum Gasteiger partial charge on any atom is -0.505 e. The van der Waals surface area contributed by atoms with Gasteiger partial charge in [-0.25, -0.2) is 0 Å². The summed E-state index contributed by atoms with van der Waals surface area (Å²) in [6, 6.07) is 0. The van der Waals surface area contributed by atoms with Gasteiger partial charge in [-0.15, -0.1) is 0 Å². The van der Waals surface area contributed by atoms with Crippen LogP contribution in [0, 0.1) is 30.6 Å². The largest absolute Gasteiger partial charge is 0.505 e. The summed E-state index contributed by atoms with van der Waals surface area (Å²) in [4.78, 5) is 66.4. The molecule has 4 aliphatic rings. The maximum absolute atomic E-state index is 14.0. The average Bonchev–Trinajstić information content (AvgIpc) is 3.13. The zero-order valence-corrected chi connectivity index (χ0v) is 32.5. The van der Waals surface area contributed by atoms with Gasteiger partial charge in [0.25, 0.3) is 5.91 Å². The van der Waals surface area contributed by atoms with Gasteiger partial charge in [0.15, 0.2) is 11.5 Å². The van der Waals surface area contributed by atoms with Crippen LogP contribution < -0.4 is 10.1 Å². The third kappa shape index (κ3) is 8.01. The van der Waals surface area contributed by atoms with Crippen LogP contribution in [0.15, 0.2) is 52.5 Å². The van der Waals surface area contributed by atoms with Crippen molar-refractivity contribution in [3.63, 3.8) is 0 Å². The number of aromatic hydroxyl groups is 1. The number of amides is 1. The number of fused-ring (bicyclic) bond motifs is 14. The second-order valence-electron chi connectivity index (χ2n) is 14.5. The first-order chi connectivity index (χ1) is 25.6. The second-order valence-corrected chi connectivity index (χ2v) is 14.5. The van der Waals surface area contributed by atoms with E-state index >= 15 is 0 Å². The molecule has 0 saturated heterocycles. The Labute approximate surface area is 318 Å². The summed E-state index contributed by atoms with van der Waals surface area (Å²) in [5, 5.41) is 60.4. The van der Waals surface area contributed by atoms with E-state index in [4.69, 9.17) is 18.9 Å². The third-order valence-electron chi connectivity index (χ3n) is 10.4. The number of nitrogens with one attached hydrogen (secondary N) is 1. The lowest BCUT2D eigenvalue weighted by atomic mass is 9.75. The third-order valence-corrected chi connectivity index (χ3v) is 10.4. The number of anilines is 1. The molecule has 1 aromatic rings. The maximum atomic E-state index is 14.0. The van der Waals surface area contributed by atoms with Crippen molar-refractivity contribution in [3.05, 3.63) is 69.2 Å². The molecule has 1 aliphatic carbocycles. The summed E-state index contributed by atoms with van der Waals surface area (Å²) in [5.74, 6) is -9.80. The Morgan fingerprint density at radius 1 is 0.945 bits per heavy atom. The highest BCUT2D eigenvalue weighted by Gasteiger charge is 2.47. The topological polar surface area (TPSA) is 235 Å². The fraction of sp³-hybridized carbons (Fsp3) is 0.475. The van der Waals surface area contributed by atoms with Crippen LogP contribution in [0.25, 0.3) is 5.57 Å². The van der Waals surface area contributed by atoms with Gasteiger partial charge in [0.05, 0.1) is 42.2 Å². The summed E-state index contributed by atoms with van der Waals surface area (Å²) in [6.45, 7) is 12.0. The van der Waals surface area contributed by atoms with E-state index in [0.717, 1.165) is 14.0 Å². The maximum Gasteiger partial charge on any atom is 0.313 e. The average molecular weight is 768 g/mol. The predicted octanol–water partition coefficient (Wildman–Crippen LogP) is 3.31. The highest BCUT2D eigenvalue weighted by Crippen LogP contribution is 2.53. The molecule has 3 aliphatic heterocycles. The Kier molecular flexibility index (Phi) is 12.7. The lowest BCUT2D eigenvalue weighted by molar-refractivity contribution is -0.166. The Morgan fingerprint density at radius 3 is 2.16 bits per heavy atom. The van der Waals surface area contributed by atoms with Crippen molar-refractivity contribution in [2.75, 3.05) is 19.2 Å². The van der Waals surface area contributed by atoms with Crippen LogP contribution in [0.3, 0.4) is 0 Å². The van der Waals surface area contributed by atoms with Gasteiger partial charge in [0.2, 0.25) is 6.79 Å². The summed E-state index contributed by atoms with van der Waals surface area (Å²) in [7, 11) is 1.04. The highest BCUT2D eigenvalue weighted by atomic mass is 16.7. The van der Waals surface area contributed by atoms with Crippen LogP contribution in [0.2, 0.25) is 0 Å². The number of hydrogen-bond donors (Lipinski definition) is 6. The van der Waals surface area contributed by atoms with Crippen molar-refractivity contribution in [2.45, 2.75) is 86.2 Å². The lowest BCUT2D eigenvalue weighted by Gasteiger charge is -2.38. The van der Waals surface area contributed by atoms with Gasteiger partial charge in [0.1, 0.15) is 34.6 Å². The van der Waals surface area contributed by atoms with E-state index < -0.39 is 89.5 Å². The minimum atomic E-state index is -2.19. The fourth-order valence-electron chi connectivity index (χ4n) is 7.13. The molecule has 0 radical (unpaired) electrons. The van der Waals surface area contributed by atoms with Gasteiger partial charge in [-0.3, -0.25) is 24.0 Å². The molecular formula is C40H49NO14. The van der Waals surface area contributed by atoms with Crippen LogP contribution in [-0.4, -0.2) is 92.8 Å². The van der Waals surface area contributed by atoms with Crippen molar-refractivity contribution < 1.29 is 68.5 Å². The van der Waals surface area contributed by atoms with E-state index in [1.54, 1.807) is 0 Å². The van der Waals surface area contributed by atoms with Gasteiger partial charge in [-0.2, -0.15) is 0 Å². The van der Waals surface area contributed by atoms with Crippen LogP contribution in [0.4, 0.5) is 5.69 Å². The van der Waals surface area contributed by atoms with Crippen LogP contribution in [0.1, 0.15) is 76.9 Å². The highest BCUT2D eigenvalue weighted by molar-refractivity contribution is 6.21. The molecule has 1 aromatic carbocycles. The summed E-state index contributed by atoms with van der Waals surface area (Å²) >= 11 is 0. The van der Waals surface area contributed by atoms with E-state index in [1.165, 1.54) is 79.7 Å². The molecule has 0 saturated carbocycles. The molecule has 8 atom stereocenters. The van der Waals surface area contributed by atoms with Crippen molar-refractivity contribution in [3.8, 4) is 11.5 Å². The quantitative estimate of drug-likeness (QED) is 0.144. The first-order valence-corrected chi connectivity index (χ1v) is 17.7. The fourth-order valence-corrected chi connectivity index (χ4v) is 7.13. The molecule has 0 aromatic heterocycles. The van der Waals surface area contributed by atoms with Gasteiger partial charge in [0, 0.05) is 47.0 Å². The van der Waals surface area contributed by atoms with E-state index in [9.17, 15) is 49.5 Å². The van der Waals surface area contributed by atoms with Gasteiger partial charge in [-0.05, 0) is 46.3 Å². The van der Waals surface area contributed by atoms with Crippen molar-refractivity contribution in [2.24, 2.45) is 23.7 Å². The van der Waals surface area contributed by atoms with E-state index in [-0.39, 0.29) is 61.9 Å². The number of methoxy groups -OCH3 is 1. The number of hydrogen-bond acceptors (Lipinski definition) is 14. The molecule has 3 heterocycles. The van der Waals surface area contributed by atoms with Gasteiger partial charge >= 0.3 is 11.9 Å². The van der Waals surface area contributed by atoms with Crippen molar-refractivity contribution >= 4 is 40.7 Å². The smallest absolute Gasteiger partial charge is 0.313 e. The number of ketones is 2. The number of Topliss-reactive ketones (excluding diaryl/α,β-unsaturated/α-hetero) is 2. The summed E-state index contributed by atoms with van der Waals surface area (Å²) in [6.07, 6.45) is 0.0247. The van der Waals surface area contributed by atoms with Crippen molar-refractivity contribution in [1.29, 1.82) is 0 Å². The molecular weight excluding hydrogens is 718 g/mol. The Balaban J connectivity index is 2.07. The monoisotopic (exact) mass is 767 g/mol. The number of ether oxygens (including phenoxy) is 4. The van der Waals surface area contributed by atoms with Crippen LogP contribution in [-0.2, 0) is 33.4 Å². The second kappa shape index (κ2) is 16.3. The standard InChI is InChI=1S/C40H49NO14/c1-16-12-11-13-17(2)38(49)41-28-19(4)36(55-23(8)42)24-25(33(28)47)31(45)21(6)35-26(24)34(53-15-54-35)18(3)14-40(9,51)37(48)22(7)32(46)27(39(50)52-10)30(44)20(5)29(16)43/h11-14,16,20,22,27,30,32,37,44,46-48,51H,15H2,1-10H3,(H,41,49)/b12-11-,17-13+,18-14+/t16-,20-,22+,27-,30-,32-,37-,40-/m1/s1. The normalized spacial score (nSPS) is 32.0. The molecule has 0 spiro atoms. The van der Waals surface area contributed by atoms with Crippen LogP contribution >= 0.6 is 0 Å². The number of phenols is 1. The predicted molar refractivity (Wildman–Crippen MR) is 197 cm³/mol. The number of phenolic OH excluding ortho intramolecular Hbond substituents is 1. The van der Waals surface area contributed by atoms with E-state index in [2.05, 4.69) is 5.32 Å². The van der Waals surface area contributed by atoms with Crippen molar-refractivity contribution in [1.82, 2.24) is 0 Å². The number of benzene rings is 1. The Bertz CT molecular complexity index is 1960. The number of esters is 2. The Morgan fingerprint density at radius 2 is 1.56 bits per heavy atom. The molecule has 0 unspecified atom stereocenters. The number of aliphatic hydroxyl groups excluding tert-OH is 3. The zero-order chi connectivity index (χ0) is 41.4. The molecule has 1 amide bonds. The zero-order valence-electron chi connectivity index (χ0n) is 32.5. The van der Waals surface area contributed by atoms with Crippen LogP contribution in [0.5, 0.6) is 11.5 Å². The molecule has 55 heavy (non-hydrogen) atoms. The molecule has 298 valence electrons. The molecule has 4 bridgehead atoms. The molecule has 0 fully saturated rings. The number of aliphatic hydroxyl groups is 4. The van der Waals surface area contributed by atoms with Gasteiger partial charge in [-0.1, -0.05) is 39.0 Å². The molecule has 15 heteroatoms. The van der Waals surface area contributed by atoms with Gasteiger partial charge < -0.3 is 49.8 Å². The number of allylic oxidation sites excluding steroid dienone is 6. The lowest BCUT2D eigenvalue weighted by Crippen LogP contribution is -2.52. The molecule has 6 N–H and O–H groups in total. The van der Waals surface area contributed by atoms with E-state index in [1.807, 2.05) is 0 Å². The minimum absolute atomic E-state index is 0.00714. The molecule has 5 rings (SSSR count). The SMILES string of the molecule is COC(=O)[C@H]1[C@H](O)[C@H](C)[C@@H](O)[C@](C)(O)/C=C(\C)C2=C3C(=C(C)C(=O)c4c(O)c(c(C)c(OC(C)=O)c43)NC(=O)/C(C)=C/C=C\[C@@H](C)C(=O)[C@@H](C)[C@H]1O)OCO2. The summed E-state index contributed by atoms with van der Waals surface area (Å²) < 4.78 is 22.2. The van der Waals surface area contributed by atoms with E-state index in [0.29, 0.717) is 0 Å². The molecule has 15 nitrogen and oxygen atoms in total. The summed E-state index contributed by atoms with van der Waals surface area (Å²) in [5.41, 5.74) is -2.46. The Hall–Kier alpha value is -5.09. The first kappa shape index (κ1) is 42.6. The number of rotatable bonds is 2. The number of carbonyl (C=O) groups is 5. The number of carbonyl (C=O) groups excluding carboxylic acids is 5. The first-order valence-electron chi connectivity index (χ1n) is 17.7.